The minimum absolute atomic E-state index is 0.0146. The van der Waals surface area contributed by atoms with Crippen molar-refractivity contribution >= 4 is 22.7 Å². The molecule has 3 heterocycles. The standard InChI is InChI=1S/C24H29N5O2/c1-16-13-17(2)29(27-16)12-6-10-22(30)28-11-5-8-19(15-28)23-20(24(25)31)14-18-7-3-4-9-21(18)26-23/h3-4,7,9,13-14,19H,5-6,8,10-12,15H2,1-2H3,(H2,25,31). The lowest BCUT2D eigenvalue weighted by molar-refractivity contribution is -0.132. The van der Waals surface area contributed by atoms with Gasteiger partial charge in [-0.15, -0.1) is 0 Å². The molecule has 0 radical (unpaired) electrons. The molecule has 2 aromatic heterocycles. The monoisotopic (exact) mass is 419 g/mol. The van der Waals surface area contributed by atoms with Gasteiger partial charge in [0.15, 0.2) is 0 Å². The van der Waals surface area contributed by atoms with Crippen molar-refractivity contribution in [3.8, 4) is 0 Å². The van der Waals surface area contributed by atoms with Crippen LogP contribution in [-0.2, 0) is 11.3 Å². The molecule has 4 rings (SSSR count). The van der Waals surface area contributed by atoms with Crippen LogP contribution in [0.2, 0.25) is 0 Å². The average Bonchev–Trinajstić information content (AvgIpc) is 3.09. The van der Waals surface area contributed by atoms with Gasteiger partial charge in [0.2, 0.25) is 5.91 Å². The zero-order chi connectivity index (χ0) is 22.0. The first-order chi connectivity index (χ1) is 14.9. The molecule has 2 N–H and O–H groups in total. The number of piperidine rings is 1. The molecule has 1 saturated heterocycles. The third kappa shape index (κ3) is 4.60. The Morgan fingerprint density at radius 1 is 1.19 bits per heavy atom. The Labute approximate surface area is 182 Å². The highest BCUT2D eigenvalue weighted by Crippen LogP contribution is 2.30. The Bertz CT molecular complexity index is 1120. The van der Waals surface area contributed by atoms with Crippen LogP contribution in [0.1, 0.15) is 59.0 Å². The second kappa shape index (κ2) is 8.88. The van der Waals surface area contributed by atoms with Gasteiger partial charge in [0, 0.05) is 43.1 Å². The number of aryl methyl sites for hydroxylation is 3. The second-order valence-electron chi connectivity index (χ2n) is 8.41. The van der Waals surface area contributed by atoms with Gasteiger partial charge in [-0.1, -0.05) is 18.2 Å². The van der Waals surface area contributed by atoms with Gasteiger partial charge >= 0.3 is 0 Å². The van der Waals surface area contributed by atoms with Gasteiger partial charge in [-0.25, -0.2) is 0 Å². The van der Waals surface area contributed by atoms with E-state index < -0.39 is 5.91 Å². The van der Waals surface area contributed by atoms with Gasteiger partial charge in [0.05, 0.1) is 22.5 Å². The molecule has 0 saturated carbocycles. The highest BCUT2D eigenvalue weighted by atomic mass is 16.2. The molecular weight excluding hydrogens is 390 g/mol. The number of carbonyl (C=O) groups is 2. The summed E-state index contributed by atoms with van der Waals surface area (Å²) in [4.78, 5) is 31.7. The number of hydrogen-bond acceptors (Lipinski definition) is 4. The van der Waals surface area contributed by atoms with Gasteiger partial charge in [-0.3, -0.25) is 19.3 Å². The van der Waals surface area contributed by atoms with Crippen LogP contribution in [0.25, 0.3) is 10.9 Å². The van der Waals surface area contributed by atoms with Crippen LogP contribution in [0.3, 0.4) is 0 Å². The van der Waals surface area contributed by atoms with E-state index in [1.165, 1.54) is 0 Å². The van der Waals surface area contributed by atoms with E-state index in [1.807, 2.05) is 59.8 Å². The van der Waals surface area contributed by atoms with Crippen molar-refractivity contribution in [1.82, 2.24) is 19.7 Å². The van der Waals surface area contributed by atoms with Crippen molar-refractivity contribution < 1.29 is 9.59 Å². The fourth-order valence-electron chi connectivity index (χ4n) is 4.51. The van der Waals surface area contributed by atoms with Crippen LogP contribution < -0.4 is 5.73 Å². The number of hydrogen-bond donors (Lipinski definition) is 1. The third-order valence-corrected chi connectivity index (χ3v) is 6.04. The van der Waals surface area contributed by atoms with Crippen molar-refractivity contribution in [2.75, 3.05) is 13.1 Å². The van der Waals surface area contributed by atoms with Crippen LogP contribution >= 0.6 is 0 Å². The Morgan fingerprint density at radius 2 is 2.00 bits per heavy atom. The maximum absolute atomic E-state index is 12.9. The largest absolute Gasteiger partial charge is 0.366 e. The maximum Gasteiger partial charge on any atom is 0.250 e. The number of primary amides is 1. The number of amides is 2. The molecule has 0 aliphatic carbocycles. The van der Waals surface area contributed by atoms with Crippen LogP contribution in [-0.4, -0.2) is 44.6 Å². The molecule has 2 amide bonds. The fourth-order valence-corrected chi connectivity index (χ4v) is 4.51. The molecule has 1 atom stereocenters. The molecule has 1 fully saturated rings. The highest BCUT2D eigenvalue weighted by molar-refractivity contribution is 5.97. The first-order valence-electron chi connectivity index (χ1n) is 10.9. The summed E-state index contributed by atoms with van der Waals surface area (Å²) in [6.07, 6.45) is 3.02. The highest BCUT2D eigenvalue weighted by Gasteiger charge is 2.28. The number of carbonyl (C=O) groups excluding carboxylic acids is 2. The fraction of sp³-hybridized carbons (Fsp3) is 0.417. The lowest BCUT2D eigenvalue weighted by Crippen LogP contribution is -2.39. The number of fused-ring (bicyclic) bond motifs is 1. The van der Waals surface area contributed by atoms with Gasteiger partial charge < -0.3 is 10.6 Å². The maximum atomic E-state index is 12.9. The van der Waals surface area contributed by atoms with E-state index in [2.05, 4.69) is 5.10 Å². The Balaban J connectivity index is 1.45. The van der Waals surface area contributed by atoms with Crippen LogP contribution in [0.5, 0.6) is 0 Å². The normalized spacial score (nSPS) is 16.6. The number of para-hydroxylation sites is 1. The first-order valence-corrected chi connectivity index (χ1v) is 10.9. The third-order valence-electron chi connectivity index (χ3n) is 6.04. The summed E-state index contributed by atoms with van der Waals surface area (Å²) in [5, 5.41) is 5.36. The zero-order valence-electron chi connectivity index (χ0n) is 18.2. The number of nitrogens with two attached hydrogens (primary N) is 1. The minimum Gasteiger partial charge on any atom is -0.366 e. The number of aromatic nitrogens is 3. The molecule has 7 nitrogen and oxygen atoms in total. The summed E-state index contributed by atoms with van der Waals surface area (Å²) in [5.74, 6) is -0.310. The summed E-state index contributed by atoms with van der Waals surface area (Å²) in [6.45, 7) is 6.06. The quantitative estimate of drug-likeness (QED) is 0.663. The Hall–Kier alpha value is -3.22. The predicted molar refractivity (Wildman–Crippen MR) is 120 cm³/mol. The summed E-state index contributed by atoms with van der Waals surface area (Å²) >= 11 is 0. The molecule has 1 unspecified atom stereocenters. The molecule has 1 aromatic carbocycles. The average molecular weight is 420 g/mol. The Kier molecular flexibility index (Phi) is 6.02. The van der Waals surface area contributed by atoms with E-state index in [4.69, 9.17) is 10.7 Å². The van der Waals surface area contributed by atoms with E-state index in [0.29, 0.717) is 24.2 Å². The van der Waals surface area contributed by atoms with E-state index in [0.717, 1.165) is 54.6 Å². The number of nitrogens with zero attached hydrogens (tertiary/aromatic N) is 4. The predicted octanol–water partition coefficient (Wildman–Crippen LogP) is 3.33. The van der Waals surface area contributed by atoms with Crippen molar-refractivity contribution in [2.24, 2.45) is 5.73 Å². The van der Waals surface area contributed by atoms with Gasteiger partial charge in [0.1, 0.15) is 0 Å². The number of benzene rings is 1. The molecule has 162 valence electrons. The van der Waals surface area contributed by atoms with Crippen molar-refractivity contribution in [2.45, 2.75) is 52.0 Å². The lowest BCUT2D eigenvalue weighted by Gasteiger charge is -2.33. The van der Waals surface area contributed by atoms with Crippen molar-refractivity contribution in [3.63, 3.8) is 0 Å². The topological polar surface area (TPSA) is 94.1 Å². The molecule has 1 aliphatic rings. The molecular formula is C24H29N5O2. The van der Waals surface area contributed by atoms with Crippen molar-refractivity contribution in [1.29, 1.82) is 0 Å². The van der Waals surface area contributed by atoms with Crippen molar-refractivity contribution in [3.05, 3.63) is 59.0 Å². The van der Waals surface area contributed by atoms with Gasteiger partial charge in [-0.2, -0.15) is 5.10 Å². The molecule has 7 heteroatoms. The minimum atomic E-state index is -0.471. The van der Waals surface area contributed by atoms with E-state index in [9.17, 15) is 9.59 Å². The molecule has 0 spiro atoms. The summed E-state index contributed by atoms with van der Waals surface area (Å²) in [7, 11) is 0. The zero-order valence-corrected chi connectivity index (χ0v) is 18.2. The molecule has 1 aliphatic heterocycles. The van der Waals surface area contributed by atoms with Crippen LogP contribution in [0, 0.1) is 13.8 Å². The summed E-state index contributed by atoms with van der Waals surface area (Å²) in [6, 6.07) is 11.6. The lowest BCUT2D eigenvalue weighted by atomic mass is 9.90. The van der Waals surface area contributed by atoms with Crippen LogP contribution in [0.4, 0.5) is 0 Å². The van der Waals surface area contributed by atoms with E-state index in [-0.39, 0.29) is 11.8 Å². The van der Waals surface area contributed by atoms with E-state index >= 15 is 0 Å². The number of pyridine rings is 1. The molecule has 3 aromatic rings. The SMILES string of the molecule is Cc1cc(C)n(CCCC(=O)N2CCCC(c3nc4ccccc4cc3C(N)=O)C2)n1. The molecule has 0 bridgehead atoms. The van der Waals surface area contributed by atoms with Gasteiger partial charge in [-0.05, 0) is 51.3 Å². The summed E-state index contributed by atoms with van der Waals surface area (Å²) in [5.41, 5.74) is 9.80. The van der Waals surface area contributed by atoms with Crippen LogP contribution in [0.15, 0.2) is 36.4 Å². The smallest absolute Gasteiger partial charge is 0.250 e. The first kappa shape index (κ1) is 21.0. The van der Waals surface area contributed by atoms with E-state index in [1.54, 1.807) is 0 Å². The summed E-state index contributed by atoms with van der Waals surface area (Å²) < 4.78 is 1.96. The number of rotatable bonds is 6. The number of likely N-dealkylation sites (tertiary alicyclic amines) is 1. The molecule has 31 heavy (non-hydrogen) atoms. The second-order valence-corrected chi connectivity index (χ2v) is 8.41. The Morgan fingerprint density at radius 3 is 2.74 bits per heavy atom. The van der Waals surface area contributed by atoms with Gasteiger partial charge in [0.25, 0.3) is 5.91 Å².